The van der Waals surface area contributed by atoms with Crippen molar-refractivity contribution in [3.05, 3.63) is 71.3 Å². The zero-order valence-corrected chi connectivity index (χ0v) is 21.8. The Morgan fingerprint density at radius 3 is 2.34 bits per heavy atom. The van der Waals surface area contributed by atoms with Gasteiger partial charge in [-0.2, -0.15) is 0 Å². The number of aryl methyl sites for hydroxylation is 1. The van der Waals surface area contributed by atoms with Gasteiger partial charge in [0.1, 0.15) is 5.75 Å². The molecule has 0 atom stereocenters. The summed E-state index contributed by atoms with van der Waals surface area (Å²) in [4.78, 5) is 33.3. The van der Waals surface area contributed by atoms with Gasteiger partial charge in [-0.25, -0.2) is 0 Å². The highest BCUT2D eigenvalue weighted by Crippen LogP contribution is 2.35. The predicted molar refractivity (Wildman–Crippen MR) is 143 cm³/mol. The number of carbonyl (C=O) groups is 1. The van der Waals surface area contributed by atoms with E-state index >= 15 is 0 Å². The lowest BCUT2D eigenvalue weighted by atomic mass is 9.97. The van der Waals surface area contributed by atoms with Gasteiger partial charge in [0.25, 0.3) is 0 Å². The zero-order valence-electron chi connectivity index (χ0n) is 20.9. The van der Waals surface area contributed by atoms with E-state index in [1.54, 1.807) is 7.11 Å². The number of carbonyl (C=O) groups excluding carboxylic acids is 1. The third kappa shape index (κ3) is 7.93. The number of benzene rings is 3. The molecule has 7 heteroatoms. The molecule has 2 N–H and O–H groups in total. The van der Waals surface area contributed by atoms with Gasteiger partial charge in [-0.15, -0.1) is 0 Å². The maximum absolute atomic E-state index is 13.2. The average molecular weight is 498 g/mol. The number of ketones is 1. The molecule has 0 bridgehead atoms. The van der Waals surface area contributed by atoms with Gasteiger partial charge in [-0.05, 0) is 66.5 Å². The molecule has 0 saturated heterocycles. The summed E-state index contributed by atoms with van der Waals surface area (Å²) in [5, 5.41) is 2.09. The largest absolute Gasteiger partial charge is 0.497 e. The highest BCUT2D eigenvalue weighted by atomic mass is 31.2. The van der Waals surface area contributed by atoms with Gasteiger partial charge in [0.05, 0.1) is 7.11 Å². The van der Waals surface area contributed by atoms with E-state index in [1.165, 1.54) is 5.56 Å². The van der Waals surface area contributed by atoms with E-state index in [-0.39, 0.29) is 11.9 Å². The lowest BCUT2D eigenvalue weighted by Gasteiger charge is -2.22. The fraction of sp³-hybridized carbons (Fsp3) is 0.393. The number of unbranched alkanes of at least 4 members (excludes halogenated alkanes) is 2. The smallest absolute Gasteiger partial charge is 0.325 e. The van der Waals surface area contributed by atoms with Crippen LogP contribution in [0.5, 0.6) is 5.75 Å². The molecule has 0 heterocycles. The third-order valence-electron chi connectivity index (χ3n) is 6.23. The summed E-state index contributed by atoms with van der Waals surface area (Å²) < 4.78 is 16.3. The second-order valence-electron chi connectivity index (χ2n) is 9.12. The lowest BCUT2D eigenvalue weighted by molar-refractivity contribution is 0.0993. The lowest BCUT2D eigenvalue weighted by Crippen LogP contribution is -2.18. The molecule has 0 unspecified atom stereocenters. The van der Waals surface area contributed by atoms with E-state index in [4.69, 9.17) is 14.5 Å². The van der Waals surface area contributed by atoms with Gasteiger partial charge in [0.15, 0.2) is 5.78 Å². The summed E-state index contributed by atoms with van der Waals surface area (Å²) in [5.41, 5.74) is 3.87. The summed E-state index contributed by atoms with van der Waals surface area (Å²) in [5.74, 6) is 0.878. The normalized spacial score (nSPS) is 11.6. The summed E-state index contributed by atoms with van der Waals surface area (Å²) in [6.45, 7) is 3.03. The monoisotopic (exact) mass is 497 g/mol. The van der Waals surface area contributed by atoms with Gasteiger partial charge in [0, 0.05) is 42.8 Å². The van der Waals surface area contributed by atoms with Crippen LogP contribution in [0.25, 0.3) is 10.8 Å². The maximum atomic E-state index is 13.2. The number of ether oxygens (including phenoxy) is 1. The maximum Gasteiger partial charge on any atom is 0.325 e. The van der Waals surface area contributed by atoms with E-state index in [0.717, 1.165) is 60.0 Å². The Hall–Kier alpha value is -2.66. The molecule has 3 aromatic rings. The number of hydrogen-bond donors (Lipinski definition) is 2. The number of anilines is 1. The standard InChI is InChI=1S/C28H36NO5P/c1-4-15-29(2)27-19-24(18-23-13-14-25(34-3)20-26(23)27)28(30)17-22-11-9-21(10-12-22)8-6-5-7-16-35(31,32)33/h9-14,18-20H,4-8,15-17H2,1-3H3,(H2,31,32,33). The summed E-state index contributed by atoms with van der Waals surface area (Å²) in [7, 11) is -0.182. The number of methoxy groups -OCH3 is 1. The Bertz CT molecular complexity index is 1190. The van der Waals surface area contributed by atoms with Gasteiger partial charge >= 0.3 is 7.60 Å². The minimum Gasteiger partial charge on any atom is -0.497 e. The SMILES string of the molecule is CCCN(C)c1cc(C(=O)Cc2ccc(CCCCCP(=O)(O)O)cc2)cc2ccc(OC)cc12. The summed E-state index contributed by atoms with van der Waals surface area (Å²) >= 11 is 0. The molecule has 3 rings (SSSR count). The molecule has 0 aromatic heterocycles. The molecule has 0 fully saturated rings. The highest BCUT2D eigenvalue weighted by molar-refractivity contribution is 7.51. The van der Waals surface area contributed by atoms with Crippen LogP contribution in [-0.2, 0) is 17.4 Å². The van der Waals surface area contributed by atoms with E-state index in [0.29, 0.717) is 18.4 Å². The van der Waals surface area contributed by atoms with Crippen molar-refractivity contribution in [2.45, 2.75) is 45.4 Å². The van der Waals surface area contributed by atoms with E-state index in [9.17, 15) is 9.36 Å². The van der Waals surface area contributed by atoms with Gasteiger partial charge in [-0.1, -0.05) is 43.7 Å². The molecule has 0 aliphatic heterocycles. The average Bonchev–Trinajstić information content (AvgIpc) is 2.83. The van der Waals surface area contributed by atoms with Crippen LogP contribution >= 0.6 is 7.60 Å². The van der Waals surface area contributed by atoms with Crippen molar-refractivity contribution < 1.29 is 23.9 Å². The van der Waals surface area contributed by atoms with Crippen molar-refractivity contribution in [1.29, 1.82) is 0 Å². The second-order valence-corrected chi connectivity index (χ2v) is 10.9. The van der Waals surface area contributed by atoms with Crippen LogP contribution in [0.15, 0.2) is 54.6 Å². The molecule has 0 radical (unpaired) electrons. The fourth-order valence-corrected chi connectivity index (χ4v) is 4.95. The molecule has 6 nitrogen and oxygen atoms in total. The van der Waals surface area contributed by atoms with Crippen LogP contribution in [0, 0.1) is 0 Å². The quantitative estimate of drug-likeness (QED) is 0.171. The first kappa shape index (κ1) is 26.9. The van der Waals surface area contributed by atoms with E-state index in [2.05, 4.69) is 18.9 Å². The van der Waals surface area contributed by atoms with E-state index < -0.39 is 7.60 Å². The first-order valence-electron chi connectivity index (χ1n) is 12.2. The molecule has 0 aliphatic carbocycles. The Balaban J connectivity index is 1.69. The number of hydrogen-bond acceptors (Lipinski definition) is 4. The van der Waals surface area contributed by atoms with Crippen LogP contribution in [-0.4, -0.2) is 42.4 Å². The van der Waals surface area contributed by atoms with Gasteiger partial charge in [0.2, 0.25) is 0 Å². The predicted octanol–water partition coefficient (Wildman–Crippen LogP) is 6.01. The summed E-state index contributed by atoms with van der Waals surface area (Å²) in [6.07, 6.45) is 4.35. The number of fused-ring (bicyclic) bond motifs is 1. The van der Waals surface area contributed by atoms with Crippen molar-refractivity contribution in [2.24, 2.45) is 0 Å². The van der Waals surface area contributed by atoms with Crippen LogP contribution in [0.3, 0.4) is 0 Å². The number of Topliss-reactive ketones (excluding diaryl/α,β-unsaturated/α-hetero) is 1. The Kier molecular flexibility index (Phi) is 9.50. The molecule has 0 amide bonds. The fourth-order valence-electron chi connectivity index (χ4n) is 4.31. The minimum atomic E-state index is -3.89. The van der Waals surface area contributed by atoms with Crippen LogP contribution in [0.4, 0.5) is 5.69 Å². The molecular formula is C28H36NO5P. The first-order chi connectivity index (χ1) is 16.7. The van der Waals surface area contributed by atoms with Crippen LogP contribution in [0.2, 0.25) is 0 Å². The van der Waals surface area contributed by atoms with Crippen molar-refractivity contribution in [3.8, 4) is 5.75 Å². The molecule has 3 aromatic carbocycles. The molecule has 0 saturated carbocycles. The number of rotatable bonds is 13. The van der Waals surface area contributed by atoms with Crippen LogP contribution in [0.1, 0.15) is 54.1 Å². The third-order valence-corrected chi connectivity index (χ3v) is 7.13. The van der Waals surface area contributed by atoms with Gasteiger partial charge in [-0.3, -0.25) is 9.36 Å². The van der Waals surface area contributed by atoms with Crippen molar-refractivity contribution in [2.75, 3.05) is 31.8 Å². The summed E-state index contributed by atoms with van der Waals surface area (Å²) in [6, 6.07) is 18.0. The van der Waals surface area contributed by atoms with Crippen molar-refractivity contribution in [1.82, 2.24) is 0 Å². The number of nitrogens with zero attached hydrogens (tertiary/aromatic N) is 1. The topological polar surface area (TPSA) is 87.1 Å². The molecule has 188 valence electrons. The highest BCUT2D eigenvalue weighted by Gasteiger charge is 2.15. The molecule has 35 heavy (non-hydrogen) atoms. The van der Waals surface area contributed by atoms with Crippen molar-refractivity contribution in [3.63, 3.8) is 0 Å². The Morgan fingerprint density at radius 1 is 0.971 bits per heavy atom. The molecule has 0 spiro atoms. The molecule has 0 aliphatic rings. The molecular weight excluding hydrogens is 461 g/mol. The zero-order chi connectivity index (χ0) is 25.4. The van der Waals surface area contributed by atoms with Gasteiger partial charge < -0.3 is 19.4 Å². The Morgan fingerprint density at radius 2 is 1.69 bits per heavy atom. The Labute approximate surface area is 208 Å². The minimum absolute atomic E-state index is 0.0493. The van der Waals surface area contributed by atoms with Crippen molar-refractivity contribution >= 4 is 29.8 Å². The second kappa shape index (κ2) is 12.3. The van der Waals surface area contributed by atoms with Crippen LogP contribution < -0.4 is 9.64 Å². The van der Waals surface area contributed by atoms with E-state index in [1.807, 2.05) is 54.6 Å². The first-order valence-corrected chi connectivity index (χ1v) is 14.0.